The summed E-state index contributed by atoms with van der Waals surface area (Å²) in [7, 11) is 1.58. The van der Waals surface area contributed by atoms with Gasteiger partial charge >= 0.3 is 5.88 Å². The predicted octanol–water partition coefficient (Wildman–Crippen LogP) is 3.50. The number of fused-ring (bicyclic) bond motifs is 3. The van der Waals surface area contributed by atoms with Crippen molar-refractivity contribution >= 4 is 27.6 Å². The summed E-state index contributed by atoms with van der Waals surface area (Å²) in [4.78, 5) is 10.2. The quantitative estimate of drug-likeness (QED) is 0.510. The highest BCUT2D eigenvalue weighted by Crippen LogP contribution is 2.33. The minimum Gasteiger partial charge on any atom is -0.497 e. The van der Waals surface area contributed by atoms with E-state index in [0.717, 1.165) is 10.8 Å². The zero-order chi connectivity index (χ0) is 12.7. The Hall–Kier alpha value is -2.56. The molecule has 0 unspecified atom stereocenters. The molecular formula is C13H9NO4. The van der Waals surface area contributed by atoms with Gasteiger partial charge in [-0.05, 0) is 17.5 Å². The third-order valence-corrected chi connectivity index (χ3v) is 2.88. The lowest BCUT2D eigenvalue weighted by atomic mass is 10.1. The molecule has 3 rings (SSSR count). The van der Waals surface area contributed by atoms with E-state index in [2.05, 4.69) is 0 Å². The number of benzene rings is 2. The molecule has 0 saturated carbocycles. The Labute approximate surface area is 102 Å². The summed E-state index contributed by atoms with van der Waals surface area (Å²) in [5.74, 6) is 0.439. The van der Waals surface area contributed by atoms with Crippen LogP contribution in [0.2, 0.25) is 0 Å². The molecule has 0 spiro atoms. The molecule has 1 aromatic heterocycles. The van der Waals surface area contributed by atoms with E-state index in [0.29, 0.717) is 16.7 Å². The van der Waals surface area contributed by atoms with Gasteiger partial charge in [0.25, 0.3) is 0 Å². The van der Waals surface area contributed by atoms with E-state index in [9.17, 15) is 10.1 Å². The van der Waals surface area contributed by atoms with Crippen molar-refractivity contribution in [2.45, 2.75) is 0 Å². The van der Waals surface area contributed by atoms with Crippen molar-refractivity contribution in [3.05, 3.63) is 46.5 Å². The van der Waals surface area contributed by atoms with Crippen LogP contribution < -0.4 is 4.74 Å². The number of nitrogens with zero attached hydrogens (tertiary/aromatic N) is 1. The van der Waals surface area contributed by atoms with Crippen molar-refractivity contribution in [3.63, 3.8) is 0 Å². The predicted molar refractivity (Wildman–Crippen MR) is 66.9 cm³/mol. The highest BCUT2D eigenvalue weighted by Gasteiger charge is 2.15. The number of hydrogen-bond donors (Lipinski definition) is 0. The Kier molecular flexibility index (Phi) is 2.19. The van der Waals surface area contributed by atoms with Gasteiger partial charge in [0.15, 0.2) is 0 Å². The van der Waals surface area contributed by atoms with E-state index >= 15 is 0 Å². The van der Waals surface area contributed by atoms with E-state index in [4.69, 9.17) is 9.15 Å². The highest BCUT2D eigenvalue weighted by atomic mass is 16.6. The van der Waals surface area contributed by atoms with Gasteiger partial charge in [0.2, 0.25) is 0 Å². The Bertz CT molecular complexity index is 760. The fourth-order valence-corrected chi connectivity index (χ4v) is 2.00. The van der Waals surface area contributed by atoms with Gasteiger partial charge in [-0.3, -0.25) is 10.1 Å². The van der Waals surface area contributed by atoms with Gasteiger partial charge in [-0.1, -0.05) is 18.2 Å². The first-order chi connectivity index (χ1) is 8.69. The average molecular weight is 243 g/mol. The molecule has 0 bridgehead atoms. The van der Waals surface area contributed by atoms with Gasteiger partial charge in [-0.2, -0.15) is 0 Å². The minimum atomic E-state index is -0.536. The molecule has 90 valence electrons. The summed E-state index contributed by atoms with van der Waals surface area (Å²) in [5, 5.41) is 13.2. The molecule has 5 heteroatoms. The molecule has 2 aromatic carbocycles. The average Bonchev–Trinajstić information content (AvgIpc) is 2.82. The lowest BCUT2D eigenvalue weighted by molar-refractivity contribution is -0.401. The molecule has 1 heterocycles. The first-order valence-electron chi connectivity index (χ1n) is 5.34. The molecule has 0 atom stereocenters. The molecule has 0 aliphatic rings. The van der Waals surface area contributed by atoms with Crippen molar-refractivity contribution in [1.82, 2.24) is 0 Å². The van der Waals surface area contributed by atoms with Gasteiger partial charge in [0.05, 0.1) is 13.2 Å². The lowest BCUT2D eigenvalue weighted by Gasteiger charge is -2.02. The van der Waals surface area contributed by atoms with E-state index in [1.807, 2.05) is 24.3 Å². The number of hydrogen-bond acceptors (Lipinski definition) is 4. The summed E-state index contributed by atoms with van der Waals surface area (Å²) in [6, 6.07) is 10.7. The normalized spacial score (nSPS) is 10.9. The van der Waals surface area contributed by atoms with Crippen LogP contribution in [0, 0.1) is 10.1 Å². The van der Waals surface area contributed by atoms with Crippen LogP contribution in [0.25, 0.3) is 21.7 Å². The Morgan fingerprint density at radius 2 is 1.89 bits per heavy atom. The molecular weight excluding hydrogens is 234 g/mol. The Balaban J connectivity index is 2.39. The van der Waals surface area contributed by atoms with Crippen LogP contribution >= 0.6 is 0 Å². The molecule has 0 fully saturated rings. The number of furan rings is 1. The van der Waals surface area contributed by atoms with Crippen LogP contribution in [0.15, 0.2) is 40.8 Å². The zero-order valence-electron chi connectivity index (χ0n) is 9.54. The summed E-state index contributed by atoms with van der Waals surface area (Å²) in [6.07, 6.45) is 0. The van der Waals surface area contributed by atoms with Gasteiger partial charge in [0.1, 0.15) is 16.3 Å². The van der Waals surface area contributed by atoms with Crippen molar-refractivity contribution in [2.24, 2.45) is 0 Å². The molecule has 3 aromatic rings. The van der Waals surface area contributed by atoms with Crippen LogP contribution in [0.3, 0.4) is 0 Å². The summed E-state index contributed by atoms with van der Waals surface area (Å²) in [5.41, 5.74) is 0.512. The first kappa shape index (κ1) is 10.6. The largest absolute Gasteiger partial charge is 0.497 e. The minimum absolute atomic E-state index is 0.250. The van der Waals surface area contributed by atoms with E-state index in [1.54, 1.807) is 13.2 Å². The standard InChI is InChI=1S/C13H9NO4/c1-17-10-5-4-8-2-3-9-6-12(14(15)16)18-13(9)11(8)7-10/h2-7H,1H3. The monoisotopic (exact) mass is 243 g/mol. The SMILES string of the molecule is COc1ccc2ccc3cc([N+](=O)[O-])oc3c2c1. The molecule has 0 radical (unpaired) electrons. The lowest BCUT2D eigenvalue weighted by Crippen LogP contribution is -1.82. The third-order valence-electron chi connectivity index (χ3n) is 2.88. The van der Waals surface area contributed by atoms with Crippen LogP contribution in [-0.4, -0.2) is 12.0 Å². The first-order valence-corrected chi connectivity index (χ1v) is 5.34. The van der Waals surface area contributed by atoms with Crippen molar-refractivity contribution in [2.75, 3.05) is 7.11 Å². The Morgan fingerprint density at radius 3 is 2.61 bits per heavy atom. The van der Waals surface area contributed by atoms with Crippen molar-refractivity contribution in [1.29, 1.82) is 0 Å². The zero-order valence-corrected chi connectivity index (χ0v) is 9.54. The second-order valence-electron chi connectivity index (χ2n) is 3.91. The topological polar surface area (TPSA) is 65.5 Å². The maximum absolute atomic E-state index is 10.7. The number of rotatable bonds is 2. The van der Waals surface area contributed by atoms with Gasteiger partial charge in [-0.15, -0.1) is 0 Å². The van der Waals surface area contributed by atoms with Gasteiger partial charge in [0, 0.05) is 10.8 Å². The van der Waals surface area contributed by atoms with E-state index in [1.165, 1.54) is 6.07 Å². The fourth-order valence-electron chi connectivity index (χ4n) is 2.00. The van der Waals surface area contributed by atoms with Crippen LogP contribution in [0.5, 0.6) is 5.75 Å². The smallest absolute Gasteiger partial charge is 0.434 e. The molecule has 0 aliphatic carbocycles. The molecule has 0 aliphatic heterocycles. The summed E-state index contributed by atoms with van der Waals surface area (Å²) in [6.45, 7) is 0. The fraction of sp³-hybridized carbons (Fsp3) is 0.0769. The molecule has 0 saturated heterocycles. The highest BCUT2D eigenvalue weighted by molar-refractivity contribution is 6.05. The second kappa shape index (κ2) is 3.73. The number of nitro groups is 1. The summed E-state index contributed by atoms with van der Waals surface area (Å²) < 4.78 is 10.4. The third kappa shape index (κ3) is 1.48. The van der Waals surface area contributed by atoms with Gasteiger partial charge in [-0.25, -0.2) is 0 Å². The van der Waals surface area contributed by atoms with Crippen LogP contribution in [0.4, 0.5) is 5.88 Å². The Morgan fingerprint density at radius 1 is 1.17 bits per heavy atom. The van der Waals surface area contributed by atoms with E-state index < -0.39 is 4.92 Å². The number of methoxy groups -OCH3 is 1. The number of ether oxygens (including phenoxy) is 1. The maximum atomic E-state index is 10.7. The molecule has 5 nitrogen and oxygen atoms in total. The molecule has 0 N–H and O–H groups in total. The van der Waals surface area contributed by atoms with Crippen LogP contribution in [-0.2, 0) is 0 Å². The second-order valence-corrected chi connectivity index (χ2v) is 3.91. The van der Waals surface area contributed by atoms with Gasteiger partial charge < -0.3 is 9.15 Å². The van der Waals surface area contributed by atoms with Crippen molar-refractivity contribution < 1.29 is 14.1 Å². The van der Waals surface area contributed by atoms with E-state index in [-0.39, 0.29) is 5.88 Å². The molecule has 18 heavy (non-hydrogen) atoms. The van der Waals surface area contributed by atoms with Crippen LogP contribution in [0.1, 0.15) is 0 Å². The molecule has 0 amide bonds. The summed E-state index contributed by atoms with van der Waals surface area (Å²) >= 11 is 0. The van der Waals surface area contributed by atoms with Crippen molar-refractivity contribution in [3.8, 4) is 5.75 Å². The maximum Gasteiger partial charge on any atom is 0.434 e.